The van der Waals surface area contributed by atoms with Crippen molar-refractivity contribution in [1.29, 1.82) is 0 Å². The smallest absolute Gasteiger partial charge is 0.194 e. The Morgan fingerprint density at radius 2 is 2.29 bits per heavy atom. The van der Waals surface area contributed by atoms with Gasteiger partial charge >= 0.3 is 0 Å². The molecule has 3 heteroatoms. The molecule has 0 fully saturated rings. The van der Waals surface area contributed by atoms with Crippen LogP contribution in [0, 0.1) is 0 Å². The van der Waals surface area contributed by atoms with Gasteiger partial charge in [0.1, 0.15) is 0 Å². The van der Waals surface area contributed by atoms with E-state index in [9.17, 15) is 0 Å². The Labute approximate surface area is 87.8 Å². The molecular formula is C11H13NOS. The molecule has 2 aromatic rings. The van der Waals surface area contributed by atoms with E-state index >= 15 is 0 Å². The van der Waals surface area contributed by atoms with Gasteiger partial charge < -0.3 is 9.32 Å². The minimum absolute atomic E-state index is 0.932. The number of nitrogens with zero attached hydrogens (tertiary/aromatic N) is 1. The fraction of sp³-hybridized carbons (Fsp3) is 0.273. The van der Waals surface area contributed by atoms with Crippen LogP contribution in [-0.4, -0.2) is 13.6 Å². The second-order valence-electron chi connectivity index (χ2n) is 3.20. The van der Waals surface area contributed by atoms with Crippen LogP contribution in [0.3, 0.4) is 0 Å². The molecule has 14 heavy (non-hydrogen) atoms. The van der Waals surface area contributed by atoms with Crippen LogP contribution in [-0.2, 0) is 6.42 Å². The number of hydrogen-bond acceptors (Lipinski definition) is 3. The Balaban J connectivity index is 1.87. The first-order chi connectivity index (χ1) is 6.86. The maximum absolute atomic E-state index is 5.29. The van der Waals surface area contributed by atoms with Crippen LogP contribution in [0.15, 0.2) is 40.3 Å². The van der Waals surface area contributed by atoms with Crippen LogP contribution in [0.5, 0.6) is 0 Å². The summed E-state index contributed by atoms with van der Waals surface area (Å²) < 4.78 is 5.29. The van der Waals surface area contributed by atoms with Gasteiger partial charge in [0.2, 0.25) is 0 Å². The van der Waals surface area contributed by atoms with E-state index in [4.69, 9.17) is 4.42 Å². The highest BCUT2D eigenvalue weighted by molar-refractivity contribution is 7.09. The summed E-state index contributed by atoms with van der Waals surface area (Å²) in [6, 6.07) is 8.15. The monoisotopic (exact) mass is 207 g/mol. The summed E-state index contributed by atoms with van der Waals surface area (Å²) in [5.41, 5.74) is 0. The van der Waals surface area contributed by atoms with Crippen molar-refractivity contribution in [2.45, 2.75) is 6.42 Å². The van der Waals surface area contributed by atoms with E-state index < -0.39 is 0 Å². The first kappa shape index (κ1) is 9.34. The molecule has 0 saturated carbocycles. The van der Waals surface area contributed by atoms with Crippen LogP contribution in [0.4, 0.5) is 5.88 Å². The molecule has 0 radical (unpaired) electrons. The third kappa shape index (κ3) is 2.17. The van der Waals surface area contributed by atoms with Gasteiger partial charge in [-0.15, -0.1) is 11.3 Å². The molecule has 0 unspecified atom stereocenters. The zero-order valence-electron chi connectivity index (χ0n) is 8.14. The Hall–Kier alpha value is -1.22. The molecule has 0 aliphatic heterocycles. The van der Waals surface area contributed by atoms with Gasteiger partial charge in [0.05, 0.1) is 6.26 Å². The Bertz CT molecular complexity index is 353. The lowest BCUT2D eigenvalue weighted by atomic mass is 10.3. The highest BCUT2D eigenvalue weighted by Crippen LogP contribution is 2.14. The number of anilines is 1. The van der Waals surface area contributed by atoms with Crippen LogP contribution in [0.25, 0.3) is 0 Å². The molecule has 0 aliphatic rings. The van der Waals surface area contributed by atoms with E-state index in [2.05, 4.69) is 22.4 Å². The molecule has 0 spiro atoms. The summed E-state index contributed by atoms with van der Waals surface area (Å²) in [6.45, 7) is 0.994. The van der Waals surface area contributed by atoms with Crippen molar-refractivity contribution in [1.82, 2.24) is 0 Å². The summed E-state index contributed by atoms with van der Waals surface area (Å²) in [7, 11) is 2.05. The molecule has 0 amide bonds. The second kappa shape index (κ2) is 4.33. The third-order valence-corrected chi connectivity index (χ3v) is 3.09. The first-order valence-corrected chi connectivity index (χ1v) is 5.51. The summed E-state index contributed by atoms with van der Waals surface area (Å²) in [5.74, 6) is 0.932. The zero-order chi connectivity index (χ0) is 9.80. The minimum atomic E-state index is 0.932. The van der Waals surface area contributed by atoms with Crippen molar-refractivity contribution in [2.75, 3.05) is 18.5 Å². The van der Waals surface area contributed by atoms with Gasteiger partial charge in [-0.1, -0.05) is 6.07 Å². The summed E-state index contributed by atoms with van der Waals surface area (Å²) in [6.07, 6.45) is 2.78. The van der Waals surface area contributed by atoms with E-state index in [1.54, 1.807) is 17.6 Å². The van der Waals surface area contributed by atoms with Gasteiger partial charge in [0.15, 0.2) is 5.88 Å². The van der Waals surface area contributed by atoms with E-state index in [0.717, 1.165) is 18.8 Å². The lowest BCUT2D eigenvalue weighted by Gasteiger charge is -2.14. The summed E-state index contributed by atoms with van der Waals surface area (Å²) >= 11 is 1.80. The van der Waals surface area contributed by atoms with Crippen molar-refractivity contribution in [2.24, 2.45) is 0 Å². The van der Waals surface area contributed by atoms with Crippen molar-refractivity contribution in [3.63, 3.8) is 0 Å². The van der Waals surface area contributed by atoms with E-state index in [0.29, 0.717) is 0 Å². The summed E-state index contributed by atoms with van der Waals surface area (Å²) in [5, 5.41) is 2.11. The standard InChI is InChI=1S/C11H13NOS/c1-12(11-5-2-8-13-11)7-6-10-4-3-9-14-10/h2-5,8-9H,6-7H2,1H3. The number of thiophene rings is 1. The molecule has 2 rings (SSSR count). The Morgan fingerprint density at radius 3 is 2.93 bits per heavy atom. The molecule has 2 heterocycles. The number of likely N-dealkylation sites (N-methyl/N-ethyl adjacent to an activating group) is 1. The van der Waals surface area contributed by atoms with E-state index in [-0.39, 0.29) is 0 Å². The van der Waals surface area contributed by atoms with Crippen molar-refractivity contribution in [3.05, 3.63) is 40.8 Å². The molecule has 74 valence electrons. The van der Waals surface area contributed by atoms with Crippen LogP contribution >= 0.6 is 11.3 Å². The van der Waals surface area contributed by atoms with Gasteiger partial charge in [-0.2, -0.15) is 0 Å². The predicted molar refractivity (Wildman–Crippen MR) is 60.0 cm³/mol. The van der Waals surface area contributed by atoms with Crippen LogP contribution in [0.1, 0.15) is 4.88 Å². The molecule has 0 bridgehead atoms. The predicted octanol–water partition coefficient (Wildman–Crippen LogP) is 3.02. The lowest BCUT2D eigenvalue weighted by molar-refractivity contribution is 0.555. The molecule has 0 N–H and O–H groups in total. The molecule has 0 aromatic carbocycles. The lowest BCUT2D eigenvalue weighted by Crippen LogP contribution is -2.19. The SMILES string of the molecule is CN(CCc1cccs1)c1ccco1. The number of furan rings is 1. The largest absolute Gasteiger partial charge is 0.449 e. The average molecular weight is 207 g/mol. The number of rotatable bonds is 4. The fourth-order valence-corrected chi connectivity index (χ4v) is 2.03. The van der Waals surface area contributed by atoms with Crippen molar-refractivity contribution >= 4 is 17.2 Å². The molecule has 0 saturated heterocycles. The van der Waals surface area contributed by atoms with E-state index in [1.807, 2.05) is 19.2 Å². The molecule has 0 aliphatic carbocycles. The van der Waals surface area contributed by atoms with Gasteiger partial charge in [0, 0.05) is 24.5 Å². The summed E-state index contributed by atoms with van der Waals surface area (Å²) in [4.78, 5) is 3.54. The fourth-order valence-electron chi connectivity index (χ4n) is 1.33. The number of hydrogen-bond donors (Lipinski definition) is 0. The van der Waals surface area contributed by atoms with Crippen molar-refractivity contribution in [3.8, 4) is 0 Å². The Kier molecular flexibility index (Phi) is 2.89. The maximum Gasteiger partial charge on any atom is 0.194 e. The van der Waals surface area contributed by atoms with Gasteiger partial charge in [0.25, 0.3) is 0 Å². The van der Waals surface area contributed by atoms with E-state index in [1.165, 1.54) is 4.88 Å². The first-order valence-electron chi connectivity index (χ1n) is 4.63. The highest BCUT2D eigenvalue weighted by atomic mass is 32.1. The third-order valence-electron chi connectivity index (χ3n) is 2.16. The zero-order valence-corrected chi connectivity index (χ0v) is 8.96. The Morgan fingerprint density at radius 1 is 1.36 bits per heavy atom. The van der Waals surface area contributed by atoms with Gasteiger partial charge in [-0.25, -0.2) is 0 Å². The van der Waals surface area contributed by atoms with Crippen LogP contribution in [0.2, 0.25) is 0 Å². The quantitative estimate of drug-likeness (QED) is 0.766. The minimum Gasteiger partial charge on any atom is -0.449 e. The highest BCUT2D eigenvalue weighted by Gasteiger charge is 2.03. The molecular weight excluding hydrogens is 194 g/mol. The van der Waals surface area contributed by atoms with Crippen molar-refractivity contribution < 1.29 is 4.42 Å². The average Bonchev–Trinajstić information content (AvgIpc) is 2.87. The van der Waals surface area contributed by atoms with Crippen LogP contribution < -0.4 is 4.90 Å². The molecule has 2 aromatic heterocycles. The molecule has 2 nitrogen and oxygen atoms in total. The van der Waals surface area contributed by atoms with Gasteiger partial charge in [-0.3, -0.25) is 0 Å². The molecule has 0 atom stereocenters. The normalized spacial score (nSPS) is 10.4. The maximum atomic E-state index is 5.29. The van der Waals surface area contributed by atoms with Gasteiger partial charge in [-0.05, 0) is 23.9 Å². The topological polar surface area (TPSA) is 16.4 Å². The second-order valence-corrected chi connectivity index (χ2v) is 4.23.